The molecule has 2 heterocycles. The van der Waals surface area contributed by atoms with Gasteiger partial charge in [-0.25, -0.2) is 0 Å². The smallest absolute Gasteiger partial charge is 0.138 e. The van der Waals surface area contributed by atoms with E-state index in [2.05, 4.69) is 181 Å². The molecule has 3 heteroatoms. The van der Waals surface area contributed by atoms with Gasteiger partial charge in [0.25, 0.3) is 0 Å². The normalized spacial score (nSPS) is 13.4. The van der Waals surface area contributed by atoms with Crippen LogP contribution in [0.15, 0.2) is 162 Å². The largest absolute Gasteiger partial charge is 0.456 e. The van der Waals surface area contributed by atoms with E-state index in [0.29, 0.717) is 0 Å². The molecule has 0 unspecified atom stereocenters. The summed E-state index contributed by atoms with van der Waals surface area (Å²) in [6.45, 7) is 4.69. The van der Waals surface area contributed by atoms with E-state index in [-0.39, 0.29) is 5.41 Å². The number of benzene rings is 7. The Labute approximate surface area is 278 Å². The molecule has 0 spiro atoms. The minimum atomic E-state index is -0.124. The molecule has 0 aliphatic heterocycles. The van der Waals surface area contributed by atoms with Crippen molar-refractivity contribution in [3.8, 4) is 16.8 Å². The van der Waals surface area contributed by atoms with Gasteiger partial charge in [0, 0.05) is 50.1 Å². The first-order valence-electron chi connectivity index (χ1n) is 16.6. The van der Waals surface area contributed by atoms with Crippen LogP contribution in [-0.2, 0) is 5.41 Å². The van der Waals surface area contributed by atoms with E-state index in [9.17, 15) is 0 Å². The molecule has 0 saturated carbocycles. The molecule has 9 aromatic rings. The summed E-state index contributed by atoms with van der Waals surface area (Å²) in [6.07, 6.45) is 0. The molecule has 10 rings (SSSR count). The lowest BCUT2D eigenvalue weighted by Gasteiger charge is -2.29. The Morgan fingerprint density at radius 2 is 1.19 bits per heavy atom. The lowest BCUT2D eigenvalue weighted by molar-refractivity contribution is 0.660. The highest BCUT2D eigenvalue weighted by Crippen LogP contribution is 2.52. The molecule has 0 N–H and O–H groups in total. The summed E-state index contributed by atoms with van der Waals surface area (Å²) in [5.41, 5.74) is 13.7. The van der Waals surface area contributed by atoms with Gasteiger partial charge in [0.15, 0.2) is 0 Å². The van der Waals surface area contributed by atoms with Crippen LogP contribution in [0.4, 0.5) is 17.1 Å². The van der Waals surface area contributed by atoms with Gasteiger partial charge in [-0.3, -0.25) is 0 Å². The third kappa shape index (κ3) is 3.70. The number of hydrogen-bond donors (Lipinski definition) is 0. The summed E-state index contributed by atoms with van der Waals surface area (Å²) in [6, 6.07) is 56.8. The number of hydrogen-bond acceptors (Lipinski definition) is 2. The Bertz CT molecular complexity index is 2700. The van der Waals surface area contributed by atoms with Crippen LogP contribution in [0.25, 0.3) is 60.6 Å². The first-order chi connectivity index (χ1) is 23.6. The second-order valence-electron chi connectivity index (χ2n) is 13.4. The van der Waals surface area contributed by atoms with Crippen LogP contribution in [0.2, 0.25) is 0 Å². The lowest BCUT2D eigenvalue weighted by atomic mass is 9.82. The van der Waals surface area contributed by atoms with Crippen molar-refractivity contribution >= 4 is 60.8 Å². The third-order valence-electron chi connectivity index (χ3n) is 10.4. The molecule has 0 bridgehead atoms. The molecule has 1 aliphatic rings. The molecule has 0 radical (unpaired) electrons. The van der Waals surface area contributed by atoms with Crippen molar-refractivity contribution < 1.29 is 4.42 Å². The standard InChI is InChI=1S/C45H32N2O/c1-45(2)36-22-12-9-19-32(36)33-26-25-31(27-37(33)45)46(29-15-5-3-6-16-29)39-28-41-42(35-21-11-14-24-40(35)48-41)43-34-20-10-13-23-38(34)47(44(39)43)30-17-7-4-8-18-30/h3-28H,1-2H3. The SMILES string of the molecule is CC1(C)c2ccccc2-c2ccc(N(c3ccccc3)c3cc4oc5ccccc5c4c4c5ccccc5n(-c5ccccc5)c34)cc21. The maximum Gasteiger partial charge on any atom is 0.138 e. The molecule has 228 valence electrons. The van der Waals surface area contributed by atoms with Gasteiger partial charge < -0.3 is 13.9 Å². The first kappa shape index (κ1) is 27.1. The van der Waals surface area contributed by atoms with E-state index in [4.69, 9.17) is 4.42 Å². The third-order valence-corrected chi connectivity index (χ3v) is 10.4. The van der Waals surface area contributed by atoms with Crippen LogP contribution in [0, 0.1) is 0 Å². The topological polar surface area (TPSA) is 21.3 Å². The fraction of sp³-hybridized carbons (Fsp3) is 0.0667. The van der Waals surface area contributed by atoms with Crippen molar-refractivity contribution in [3.05, 3.63) is 169 Å². The van der Waals surface area contributed by atoms with Crippen molar-refractivity contribution in [1.29, 1.82) is 0 Å². The van der Waals surface area contributed by atoms with Crippen molar-refractivity contribution in [2.75, 3.05) is 4.90 Å². The molecular weight excluding hydrogens is 585 g/mol. The highest BCUT2D eigenvalue weighted by atomic mass is 16.3. The average molecular weight is 617 g/mol. The Balaban J connectivity index is 1.37. The molecule has 0 saturated heterocycles. The second kappa shape index (κ2) is 9.97. The van der Waals surface area contributed by atoms with Gasteiger partial charge in [0.2, 0.25) is 0 Å². The van der Waals surface area contributed by atoms with E-state index in [0.717, 1.165) is 55.7 Å². The number of furan rings is 1. The van der Waals surface area contributed by atoms with Crippen molar-refractivity contribution in [1.82, 2.24) is 4.57 Å². The van der Waals surface area contributed by atoms with Crippen molar-refractivity contribution in [2.45, 2.75) is 19.3 Å². The fourth-order valence-corrected chi connectivity index (χ4v) is 8.20. The van der Waals surface area contributed by atoms with Gasteiger partial charge in [-0.05, 0) is 70.8 Å². The average Bonchev–Trinajstić information content (AvgIpc) is 3.75. The Hall–Kier alpha value is -6.06. The summed E-state index contributed by atoms with van der Waals surface area (Å²) >= 11 is 0. The van der Waals surface area contributed by atoms with Gasteiger partial charge >= 0.3 is 0 Å². The monoisotopic (exact) mass is 616 g/mol. The number of fused-ring (bicyclic) bond motifs is 10. The van der Waals surface area contributed by atoms with Crippen LogP contribution in [0.5, 0.6) is 0 Å². The highest BCUT2D eigenvalue weighted by Gasteiger charge is 2.36. The van der Waals surface area contributed by atoms with Gasteiger partial charge in [-0.1, -0.05) is 117 Å². The molecule has 0 amide bonds. The lowest BCUT2D eigenvalue weighted by Crippen LogP contribution is -2.17. The second-order valence-corrected chi connectivity index (χ2v) is 13.4. The minimum absolute atomic E-state index is 0.124. The Morgan fingerprint density at radius 1 is 0.521 bits per heavy atom. The summed E-state index contributed by atoms with van der Waals surface area (Å²) in [5, 5.41) is 4.67. The zero-order valence-electron chi connectivity index (χ0n) is 26.8. The minimum Gasteiger partial charge on any atom is -0.456 e. The van der Waals surface area contributed by atoms with E-state index in [1.54, 1.807) is 0 Å². The van der Waals surface area contributed by atoms with E-state index in [1.807, 2.05) is 0 Å². The van der Waals surface area contributed by atoms with E-state index >= 15 is 0 Å². The van der Waals surface area contributed by atoms with Gasteiger partial charge in [0.05, 0.1) is 16.7 Å². The molecule has 48 heavy (non-hydrogen) atoms. The molecule has 0 atom stereocenters. The number of para-hydroxylation sites is 4. The zero-order chi connectivity index (χ0) is 32.0. The van der Waals surface area contributed by atoms with Gasteiger partial charge in [0.1, 0.15) is 11.2 Å². The van der Waals surface area contributed by atoms with Crippen LogP contribution >= 0.6 is 0 Å². The number of rotatable bonds is 4. The van der Waals surface area contributed by atoms with Gasteiger partial charge in [-0.15, -0.1) is 0 Å². The Kier molecular flexibility index (Phi) is 5.63. The molecule has 7 aromatic carbocycles. The summed E-state index contributed by atoms with van der Waals surface area (Å²) in [4.78, 5) is 2.42. The van der Waals surface area contributed by atoms with E-state index in [1.165, 1.54) is 33.0 Å². The van der Waals surface area contributed by atoms with Crippen LogP contribution in [0.1, 0.15) is 25.0 Å². The van der Waals surface area contributed by atoms with Crippen molar-refractivity contribution in [3.63, 3.8) is 0 Å². The van der Waals surface area contributed by atoms with Crippen LogP contribution in [0.3, 0.4) is 0 Å². The molecule has 2 aromatic heterocycles. The number of nitrogens with zero attached hydrogens (tertiary/aromatic N) is 2. The molecule has 3 nitrogen and oxygen atoms in total. The Morgan fingerprint density at radius 3 is 2.02 bits per heavy atom. The predicted octanol–water partition coefficient (Wildman–Crippen LogP) is 12.5. The van der Waals surface area contributed by atoms with Crippen molar-refractivity contribution in [2.24, 2.45) is 0 Å². The summed E-state index contributed by atoms with van der Waals surface area (Å²) in [5.74, 6) is 0. The first-order valence-corrected chi connectivity index (χ1v) is 16.6. The van der Waals surface area contributed by atoms with Crippen LogP contribution < -0.4 is 4.90 Å². The molecule has 0 fully saturated rings. The molecular formula is C45H32N2O. The maximum atomic E-state index is 6.70. The predicted molar refractivity (Wildman–Crippen MR) is 200 cm³/mol. The van der Waals surface area contributed by atoms with Gasteiger partial charge in [-0.2, -0.15) is 0 Å². The zero-order valence-corrected chi connectivity index (χ0v) is 26.8. The summed E-state index contributed by atoms with van der Waals surface area (Å²) < 4.78 is 9.14. The quantitative estimate of drug-likeness (QED) is 0.196. The number of aromatic nitrogens is 1. The fourth-order valence-electron chi connectivity index (χ4n) is 8.20. The summed E-state index contributed by atoms with van der Waals surface area (Å²) in [7, 11) is 0. The highest BCUT2D eigenvalue weighted by molar-refractivity contribution is 6.30. The van der Waals surface area contributed by atoms with Crippen LogP contribution in [-0.4, -0.2) is 4.57 Å². The number of anilines is 3. The maximum absolute atomic E-state index is 6.70. The van der Waals surface area contributed by atoms with E-state index < -0.39 is 0 Å². The molecule has 1 aliphatic carbocycles.